The van der Waals surface area contributed by atoms with Crippen LogP contribution in [0.1, 0.15) is 18.4 Å². The third-order valence-electron chi connectivity index (χ3n) is 4.57. The maximum absolute atomic E-state index is 13.1. The van der Waals surface area contributed by atoms with Gasteiger partial charge in [0.1, 0.15) is 23.9 Å². The van der Waals surface area contributed by atoms with Crippen LogP contribution < -0.4 is 19.7 Å². The van der Waals surface area contributed by atoms with Gasteiger partial charge < -0.3 is 19.7 Å². The Hall–Kier alpha value is -2.60. The molecular weight excluding hydrogens is 335 g/mol. The molecule has 1 aliphatic rings. The highest BCUT2D eigenvalue weighted by atomic mass is 19.1. The van der Waals surface area contributed by atoms with Crippen LogP contribution in [0.15, 0.2) is 42.5 Å². The summed E-state index contributed by atoms with van der Waals surface area (Å²) in [5.41, 5.74) is 1.65. The Morgan fingerprint density at radius 3 is 2.50 bits per heavy atom. The number of anilines is 1. The number of hydrogen-bond donors (Lipinski definition) is 2. The Morgan fingerprint density at radius 1 is 1.15 bits per heavy atom. The van der Waals surface area contributed by atoms with Gasteiger partial charge in [-0.15, -0.1) is 0 Å². The van der Waals surface area contributed by atoms with Crippen LogP contribution in [0.2, 0.25) is 0 Å². The van der Waals surface area contributed by atoms with Crippen molar-refractivity contribution in [2.45, 2.75) is 25.4 Å². The van der Waals surface area contributed by atoms with Gasteiger partial charge in [0.2, 0.25) is 0 Å². The van der Waals surface area contributed by atoms with Crippen LogP contribution in [0.25, 0.3) is 0 Å². The number of carbonyl (C=O) groups is 1. The molecule has 0 spiro atoms. The normalized spacial score (nSPS) is 14.6. The van der Waals surface area contributed by atoms with Crippen LogP contribution in [0.4, 0.5) is 10.1 Å². The fraction of sp³-hybridized carbons (Fsp3) is 0.350. The lowest BCUT2D eigenvalue weighted by molar-refractivity contribution is -0.916. The molecule has 0 bridgehead atoms. The second-order valence-corrected chi connectivity index (χ2v) is 6.53. The standard InChI is InChI=1S/C20H23FN2O3/c1-25-17-9-10-18(19(11-17)26-2)22-20(24)13-23(16-7-8-16)12-14-3-5-15(21)6-4-14/h3-6,9-11,16H,7-8,12-13H2,1-2H3,(H,22,24)/p+1. The zero-order valence-electron chi connectivity index (χ0n) is 15.0. The Kier molecular flexibility index (Phi) is 5.73. The van der Waals surface area contributed by atoms with Gasteiger partial charge in [-0.25, -0.2) is 4.39 Å². The van der Waals surface area contributed by atoms with Crippen molar-refractivity contribution >= 4 is 11.6 Å². The number of halogens is 1. The van der Waals surface area contributed by atoms with Crippen molar-refractivity contribution < 1.29 is 23.6 Å². The van der Waals surface area contributed by atoms with Crippen LogP contribution in [-0.2, 0) is 11.3 Å². The van der Waals surface area contributed by atoms with Gasteiger partial charge in [0.25, 0.3) is 5.91 Å². The summed E-state index contributed by atoms with van der Waals surface area (Å²) in [4.78, 5) is 13.7. The zero-order chi connectivity index (χ0) is 18.5. The van der Waals surface area contributed by atoms with Gasteiger partial charge in [-0.1, -0.05) is 12.1 Å². The van der Waals surface area contributed by atoms with Gasteiger partial charge >= 0.3 is 0 Å². The average Bonchev–Trinajstić information content (AvgIpc) is 3.48. The zero-order valence-corrected chi connectivity index (χ0v) is 15.0. The van der Waals surface area contributed by atoms with Gasteiger partial charge in [-0.05, 0) is 24.3 Å². The van der Waals surface area contributed by atoms with E-state index in [1.807, 2.05) is 0 Å². The molecule has 3 rings (SSSR count). The molecule has 0 saturated heterocycles. The SMILES string of the molecule is COc1ccc(NC(=O)C[NH+](Cc2ccc(F)cc2)C2CC2)c(OC)c1. The molecule has 1 unspecified atom stereocenters. The highest BCUT2D eigenvalue weighted by Gasteiger charge is 2.34. The lowest BCUT2D eigenvalue weighted by Gasteiger charge is -2.19. The molecule has 1 fully saturated rings. The number of methoxy groups -OCH3 is 2. The number of carbonyl (C=O) groups excluding carboxylic acids is 1. The molecule has 6 heteroatoms. The third kappa shape index (κ3) is 4.73. The Morgan fingerprint density at radius 2 is 1.88 bits per heavy atom. The number of amides is 1. The second kappa shape index (κ2) is 8.19. The molecule has 1 amide bonds. The topological polar surface area (TPSA) is 52.0 Å². The number of hydrogen-bond acceptors (Lipinski definition) is 3. The van der Waals surface area contributed by atoms with Crippen LogP contribution in [0.5, 0.6) is 11.5 Å². The summed E-state index contributed by atoms with van der Waals surface area (Å²) < 4.78 is 23.6. The summed E-state index contributed by atoms with van der Waals surface area (Å²) >= 11 is 0. The molecule has 0 heterocycles. The van der Waals surface area contributed by atoms with E-state index in [1.165, 1.54) is 17.0 Å². The maximum atomic E-state index is 13.1. The van der Waals surface area contributed by atoms with Gasteiger partial charge in [0, 0.05) is 24.5 Å². The first-order valence-electron chi connectivity index (χ1n) is 8.70. The van der Waals surface area contributed by atoms with E-state index in [0.29, 0.717) is 36.3 Å². The molecular formula is C20H24FN2O3+. The van der Waals surface area contributed by atoms with Gasteiger partial charge in [-0.3, -0.25) is 4.79 Å². The number of benzene rings is 2. The summed E-state index contributed by atoms with van der Waals surface area (Å²) in [6, 6.07) is 12.3. The fourth-order valence-corrected chi connectivity index (χ4v) is 3.01. The molecule has 0 aromatic heterocycles. The fourth-order valence-electron chi connectivity index (χ4n) is 3.01. The molecule has 2 aromatic rings. The minimum atomic E-state index is -0.244. The molecule has 26 heavy (non-hydrogen) atoms. The van der Waals surface area contributed by atoms with Crippen molar-refractivity contribution in [2.75, 3.05) is 26.1 Å². The lowest BCUT2D eigenvalue weighted by atomic mass is 10.2. The molecule has 1 saturated carbocycles. The van der Waals surface area contributed by atoms with Gasteiger partial charge in [-0.2, -0.15) is 0 Å². The second-order valence-electron chi connectivity index (χ2n) is 6.53. The first kappa shape index (κ1) is 18.2. The average molecular weight is 359 g/mol. The predicted octanol–water partition coefficient (Wildman–Crippen LogP) is 2.03. The van der Waals surface area contributed by atoms with Crippen LogP contribution in [-0.4, -0.2) is 32.7 Å². The molecule has 2 aromatic carbocycles. The molecule has 0 aliphatic heterocycles. The largest absolute Gasteiger partial charge is 0.497 e. The monoisotopic (exact) mass is 359 g/mol. The van der Waals surface area contributed by atoms with E-state index in [-0.39, 0.29) is 11.7 Å². The van der Waals surface area contributed by atoms with Gasteiger partial charge in [0.15, 0.2) is 6.54 Å². The molecule has 5 nitrogen and oxygen atoms in total. The summed E-state index contributed by atoms with van der Waals surface area (Å²) in [7, 11) is 3.14. The van der Waals surface area contributed by atoms with E-state index in [9.17, 15) is 9.18 Å². The Balaban J connectivity index is 1.64. The third-order valence-corrected chi connectivity index (χ3v) is 4.57. The van der Waals surface area contributed by atoms with Crippen LogP contribution in [0.3, 0.4) is 0 Å². The van der Waals surface area contributed by atoms with Crippen LogP contribution >= 0.6 is 0 Å². The van der Waals surface area contributed by atoms with E-state index in [4.69, 9.17) is 9.47 Å². The number of quaternary nitrogens is 1. The van der Waals surface area contributed by atoms with Crippen LogP contribution in [0, 0.1) is 5.82 Å². The molecule has 0 radical (unpaired) electrons. The molecule has 1 atom stereocenters. The first-order valence-corrected chi connectivity index (χ1v) is 8.70. The van der Waals surface area contributed by atoms with E-state index in [1.54, 1.807) is 44.6 Å². The molecule has 2 N–H and O–H groups in total. The van der Waals surface area contributed by atoms with Crippen molar-refractivity contribution in [3.05, 3.63) is 53.8 Å². The van der Waals surface area contributed by atoms with E-state index < -0.39 is 0 Å². The van der Waals surface area contributed by atoms with E-state index >= 15 is 0 Å². The Bertz CT molecular complexity index is 760. The number of rotatable bonds is 8. The minimum Gasteiger partial charge on any atom is -0.497 e. The summed E-state index contributed by atoms with van der Waals surface area (Å²) in [5, 5.41) is 2.92. The van der Waals surface area contributed by atoms with Crippen molar-refractivity contribution in [3.63, 3.8) is 0 Å². The predicted molar refractivity (Wildman–Crippen MR) is 97.1 cm³/mol. The highest BCUT2D eigenvalue weighted by Crippen LogP contribution is 2.28. The van der Waals surface area contributed by atoms with Crippen molar-refractivity contribution in [2.24, 2.45) is 0 Å². The summed E-state index contributed by atoms with van der Waals surface area (Å²) in [6.45, 7) is 1.06. The van der Waals surface area contributed by atoms with Crippen molar-refractivity contribution in [1.29, 1.82) is 0 Å². The van der Waals surface area contributed by atoms with E-state index in [2.05, 4.69) is 5.32 Å². The van der Waals surface area contributed by atoms with E-state index in [0.717, 1.165) is 18.4 Å². The first-order chi connectivity index (χ1) is 12.6. The van der Waals surface area contributed by atoms with Crippen molar-refractivity contribution in [1.82, 2.24) is 0 Å². The maximum Gasteiger partial charge on any atom is 0.279 e. The highest BCUT2D eigenvalue weighted by molar-refractivity contribution is 5.93. The van der Waals surface area contributed by atoms with Crippen molar-refractivity contribution in [3.8, 4) is 11.5 Å². The molecule has 138 valence electrons. The number of nitrogens with one attached hydrogen (secondary N) is 2. The summed E-state index contributed by atoms with van der Waals surface area (Å²) in [6.07, 6.45) is 2.24. The lowest BCUT2D eigenvalue weighted by Crippen LogP contribution is -3.13. The molecule has 1 aliphatic carbocycles. The van der Waals surface area contributed by atoms with Gasteiger partial charge in [0.05, 0.1) is 25.9 Å². The quantitative estimate of drug-likeness (QED) is 0.758. The number of ether oxygens (including phenoxy) is 2. The minimum absolute atomic E-state index is 0.0718. The summed E-state index contributed by atoms with van der Waals surface area (Å²) in [5.74, 6) is 0.911. The Labute approximate surface area is 152 Å². The smallest absolute Gasteiger partial charge is 0.279 e.